The van der Waals surface area contributed by atoms with Crippen LogP contribution in [0.1, 0.15) is 16.8 Å². The molecule has 1 aromatic heterocycles. The Labute approximate surface area is 124 Å². The van der Waals surface area contributed by atoms with E-state index in [0.717, 1.165) is 7.05 Å². The van der Waals surface area contributed by atoms with Gasteiger partial charge in [0.1, 0.15) is 11.6 Å². The van der Waals surface area contributed by atoms with Crippen molar-refractivity contribution in [1.82, 2.24) is 9.78 Å². The van der Waals surface area contributed by atoms with Crippen LogP contribution in [0.5, 0.6) is 0 Å². The number of rotatable bonds is 3. The van der Waals surface area contributed by atoms with Crippen molar-refractivity contribution in [2.75, 3.05) is 0 Å². The second-order valence-corrected chi connectivity index (χ2v) is 6.41. The fraction of sp³-hybridized carbons (Fsp3) is 0.231. The summed E-state index contributed by atoms with van der Waals surface area (Å²) in [5, 5.41) is 11.4. The summed E-state index contributed by atoms with van der Waals surface area (Å²) in [5.41, 5.74) is -2.07. The Morgan fingerprint density at radius 3 is 2.36 bits per heavy atom. The first kappa shape index (κ1) is 16.0. The molecule has 0 N–H and O–H groups in total. The third-order valence-electron chi connectivity index (χ3n) is 2.87. The normalized spacial score (nSPS) is 12.1. The Morgan fingerprint density at radius 1 is 1.27 bits per heavy atom. The van der Waals surface area contributed by atoms with Gasteiger partial charge in [-0.1, -0.05) is 30.3 Å². The van der Waals surface area contributed by atoms with Crippen molar-refractivity contribution < 1.29 is 21.6 Å². The second kappa shape index (κ2) is 5.46. The van der Waals surface area contributed by atoms with E-state index in [2.05, 4.69) is 5.10 Å². The van der Waals surface area contributed by atoms with Gasteiger partial charge in [0.25, 0.3) is 0 Å². The molecule has 0 unspecified atom stereocenters. The van der Waals surface area contributed by atoms with E-state index in [1.165, 1.54) is 18.2 Å². The van der Waals surface area contributed by atoms with Crippen LogP contribution in [0, 0.1) is 11.3 Å². The standard InChI is InChI=1S/C13H10F3N3O2S/c1-19-12(10(7-17)11(18-19)13(14,15)16)22(20,21)8-9-5-3-2-4-6-9/h2-6H,8H2,1H3. The minimum absolute atomic E-state index is 0.404. The Morgan fingerprint density at radius 2 is 1.86 bits per heavy atom. The fourth-order valence-electron chi connectivity index (χ4n) is 2.03. The van der Waals surface area contributed by atoms with Gasteiger partial charge in [-0.2, -0.15) is 23.5 Å². The summed E-state index contributed by atoms with van der Waals surface area (Å²) in [5.74, 6) is -0.515. The molecule has 1 heterocycles. The quantitative estimate of drug-likeness (QED) is 0.866. The van der Waals surface area contributed by atoms with E-state index in [4.69, 9.17) is 5.26 Å². The lowest BCUT2D eigenvalue weighted by atomic mass is 10.2. The molecule has 0 fully saturated rings. The van der Waals surface area contributed by atoms with Crippen LogP contribution in [-0.2, 0) is 28.8 Å². The third-order valence-corrected chi connectivity index (χ3v) is 4.64. The van der Waals surface area contributed by atoms with Crippen LogP contribution in [0.3, 0.4) is 0 Å². The summed E-state index contributed by atoms with van der Waals surface area (Å²) in [6.07, 6.45) is -4.90. The van der Waals surface area contributed by atoms with E-state index in [-0.39, 0.29) is 0 Å². The van der Waals surface area contributed by atoms with Crippen molar-refractivity contribution >= 4 is 9.84 Å². The smallest absolute Gasteiger partial charge is 0.255 e. The van der Waals surface area contributed by atoms with E-state index in [1.54, 1.807) is 18.2 Å². The van der Waals surface area contributed by atoms with E-state index < -0.39 is 38.0 Å². The van der Waals surface area contributed by atoms with E-state index >= 15 is 0 Å². The van der Waals surface area contributed by atoms with Crippen LogP contribution in [0.15, 0.2) is 35.4 Å². The number of aromatic nitrogens is 2. The van der Waals surface area contributed by atoms with Gasteiger partial charge in [-0.3, -0.25) is 4.68 Å². The Bertz CT molecular complexity index is 834. The van der Waals surface area contributed by atoms with Gasteiger partial charge in [0, 0.05) is 7.05 Å². The van der Waals surface area contributed by atoms with Gasteiger partial charge >= 0.3 is 6.18 Å². The maximum absolute atomic E-state index is 12.8. The number of nitriles is 1. The molecular weight excluding hydrogens is 319 g/mol. The molecule has 0 aliphatic heterocycles. The SMILES string of the molecule is Cn1nc(C(F)(F)F)c(C#N)c1S(=O)(=O)Cc1ccccc1. The number of alkyl halides is 3. The van der Waals surface area contributed by atoms with Crippen LogP contribution >= 0.6 is 0 Å². The van der Waals surface area contributed by atoms with Gasteiger partial charge in [0.2, 0.25) is 9.84 Å². The molecule has 1 aromatic carbocycles. The molecule has 0 saturated carbocycles. The molecule has 0 aliphatic rings. The predicted octanol–water partition coefficient (Wildman–Crippen LogP) is 2.28. The van der Waals surface area contributed by atoms with Gasteiger partial charge in [-0.05, 0) is 5.56 Å². The van der Waals surface area contributed by atoms with Gasteiger partial charge in [0.05, 0.1) is 5.75 Å². The summed E-state index contributed by atoms with van der Waals surface area (Å²) >= 11 is 0. The third kappa shape index (κ3) is 2.96. The molecule has 0 aliphatic carbocycles. The molecule has 0 saturated heterocycles. The van der Waals surface area contributed by atoms with Crippen molar-refractivity contribution in [3.8, 4) is 6.07 Å². The molecule has 22 heavy (non-hydrogen) atoms. The van der Waals surface area contributed by atoms with Gasteiger partial charge in [0.15, 0.2) is 10.7 Å². The molecule has 0 bridgehead atoms. The number of hydrogen-bond donors (Lipinski definition) is 0. The van der Waals surface area contributed by atoms with Crippen molar-refractivity contribution in [1.29, 1.82) is 5.26 Å². The zero-order valence-electron chi connectivity index (χ0n) is 11.3. The van der Waals surface area contributed by atoms with Crippen LogP contribution in [0.25, 0.3) is 0 Å². The topological polar surface area (TPSA) is 75.8 Å². The molecule has 0 spiro atoms. The van der Waals surface area contributed by atoms with E-state index in [0.29, 0.717) is 10.2 Å². The van der Waals surface area contributed by atoms with Crippen LogP contribution in [0.4, 0.5) is 13.2 Å². The van der Waals surface area contributed by atoms with Gasteiger partial charge in [-0.15, -0.1) is 0 Å². The molecule has 0 amide bonds. The molecule has 9 heteroatoms. The van der Waals surface area contributed by atoms with Gasteiger partial charge < -0.3 is 0 Å². The van der Waals surface area contributed by atoms with Crippen molar-refractivity contribution in [3.63, 3.8) is 0 Å². The summed E-state index contributed by atoms with van der Waals surface area (Å²) in [6.45, 7) is 0. The maximum Gasteiger partial charge on any atom is 0.436 e. The average molecular weight is 329 g/mol. The Balaban J connectivity index is 2.58. The van der Waals surface area contributed by atoms with E-state index in [1.807, 2.05) is 0 Å². The molecule has 5 nitrogen and oxygen atoms in total. The zero-order chi connectivity index (χ0) is 16.5. The monoisotopic (exact) mass is 329 g/mol. The van der Waals surface area contributed by atoms with Crippen molar-refractivity contribution in [3.05, 3.63) is 47.2 Å². The lowest BCUT2D eigenvalue weighted by molar-refractivity contribution is -0.141. The first-order chi connectivity index (χ1) is 10.2. The predicted molar refractivity (Wildman–Crippen MR) is 70.3 cm³/mol. The molecule has 2 aromatic rings. The number of sulfone groups is 1. The van der Waals surface area contributed by atoms with Crippen LogP contribution in [-0.4, -0.2) is 18.2 Å². The Kier molecular flexibility index (Phi) is 3.98. The van der Waals surface area contributed by atoms with Crippen molar-refractivity contribution in [2.24, 2.45) is 7.05 Å². The first-order valence-electron chi connectivity index (χ1n) is 5.98. The number of nitrogens with zero attached hydrogens (tertiary/aromatic N) is 3. The number of hydrogen-bond acceptors (Lipinski definition) is 4. The summed E-state index contributed by atoms with van der Waals surface area (Å²) in [4.78, 5) is 0. The van der Waals surface area contributed by atoms with Crippen LogP contribution in [0.2, 0.25) is 0 Å². The Hall–Kier alpha value is -2.34. The average Bonchev–Trinajstić information content (AvgIpc) is 2.77. The highest BCUT2D eigenvalue weighted by molar-refractivity contribution is 7.90. The second-order valence-electron chi connectivity index (χ2n) is 4.51. The summed E-state index contributed by atoms with van der Waals surface area (Å²) in [6, 6.07) is 9.27. The highest BCUT2D eigenvalue weighted by Gasteiger charge is 2.41. The molecule has 116 valence electrons. The number of halogens is 3. The number of aryl methyl sites for hydroxylation is 1. The minimum atomic E-state index is -4.90. The molecular formula is C13H10F3N3O2S. The molecule has 2 rings (SSSR count). The molecule has 0 radical (unpaired) electrons. The summed E-state index contributed by atoms with van der Waals surface area (Å²) in [7, 11) is -3.08. The minimum Gasteiger partial charge on any atom is -0.255 e. The lowest BCUT2D eigenvalue weighted by Crippen LogP contribution is -2.12. The fourth-order valence-corrected chi connectivity index (χ4v) is 3.69. The van der Waals surface area contributed by atoms with Crippen LogP contribution < -0.4 is 0 Å². The zero-order valence-corrected chi connectivity index (χ0v) is 12.1. The molecule has 0 atom stereocenters. The largest absolute Gasteiger partial charge is 0.436 e. The lowest BCUT2D eigenvalue weighted by Gasteiger charge is -2.05. The first-order valence-corrected chi connectivity index (χ1v) is 7.63. The number of benzene rings is 1. The maximum atomic E-state index is 12.8. The highest BCUT2D eigenvalue weighted by atomic mass is 32.2. The van der Waals surface area contributed by atoms with Crippen molar-refractivity contribution in [2.45, 2.75) is 17.0 Å². The van der Waals surface area contributed by atoms with Gasteiger partial charge in [-0.25, -0.2) is 8.42 Å². The van der Waals surface area contributed by atoms with E-state index in [9.17, 15) is 21.6 Å². The summed E-state index contributed by atoms with van der Waals surface area (Å²) < 4.78 is 63.8. The highest BCUT2D eigenvalue weighted by Crippen LogP contribution is 2.34.